The van der Waals surface area contributed by atoms with E-state index in [-0.39, 0.29) is 18.2 Å². The SMILES string of the molecule is Cc1ccc(C(=O)CN2Cc3ccccc3C2=O)c(C)c1. The highest BCUT2D eigenvalue weighted by Gasteiger charge is 2.28. The number of hydrogen-bond donors (Lipinski definition) is 0. The molecule has 0 saturated heterocycles. The summed E-state index contributed by atoms with van der Waals surface area (Å²) >= 11 is 0. The molecule has 1 amide bonds. The summed E-state index contributed by atoms with van der Waals surface area (Å²) in [4.78, 5) is 26.3. The molecule has 3 nitrogen and oxygen atoms in total. The average Bonchev–Trinajstić information content (AvgIpc) is 2.76. The van der Waals surface area contributed by atoms with Gasteiger partial charge < -0.3 is 4.90 Å². The molecule has 1 aliphatic heterocycles. The Morgan fingerprint density at radius 2 is 1.90 bits per heavy atom. The van der Waals surface area contributed by atoms with Gasteiger partial charge in [-0.05, 0) is 31.0 Å². The van der Waals surface area contributed by atoms with Crippen molar-refractivity contribution in [3.05, 3.63) is 70.3 Å². The third-order valence-corrected chi connectivity index (χ3v) is 3.91. The van der Waals surface area contributed by atoms with Crippen LogP contribution in [0.5, 0.6) is 0 Å². The number of rotatable bonds is 3. The van der Waals surface area contributed by atoms with E-state index in [1.54, 1.807) is 4.90 Å². The molecule has 0 fully saturated rings. The smallest absolute Gasteiger partial charge is 0.254 e. The van der Waals surface area contributed by atoms with E-state index in [0.717, 1.165) is 16.7 Å². The maximum atomic E-state index is 12.4. The summed E-state index contributed by atoms with van der Waals surface area (Å²) < 4.78 is 0. The molecule has 0 radical (unpaired) electrons. The Bertz CT molecular complexity index is 734. The Morgan fingerprint density at radius 3 is 2.62 bits per heavy atom. The average molecular weight is 279 g/mol. The first kappa shape index (κ1) is 13.6. The van der Waals surface area contributed by atoms with Gasteiger partial charge in [-0.3, -0.25) is 9.59 Å². The molecular formula is C18H17NO2. The Labute approximate surface area is 124 Å². The highest BCUT2D eigenvalue weighted by Crippen LogP contribution is 2.23. The van der Waals surface area contributed by atoms with Crippen LogP contribution in [-0.4, -0.2) is 23.1 Å². The van der Waals surface area contributed by atoms with E-state index < -0.39 is 0 Å². The summed E-state index contributed by atoms with van der Waals surface area (Å²) in [6, 6.07) is 13.3. The number of fused-ring (bicyclic) bond motifs is 1. The van der Waals surface area contributed by atoms with Gasteiger partial charge in [-0.2, -0.15) is 0 Å². The van der Waals surface area contributed by atoms with Crippen molar-refractivity contribution in [2.24, 2.45) is 0 Å². The monoisotopic (exact) mass is 279 g/mol. The summed E-state index contributed by atoms with van der Waals surface area (Å²) in [5.74, 6) is -0.0580. The van der Waals surface area contributed by atoms with Gasteiger partial charge in [0, 0.05) is 17.7 Å². The molecule has 0 unspecified atom stereocenters. The van der Waals surface area contributed by atoms with E-state index >= 15 is 0 Å². The zero-order chi connectivity index (χ0) is 15.0. The van der Waals surface area contributed by atoms with Gasteiger partial charge in [0.15, 0.2) is 5.78 Å². The van der Waals surface area contributed by atoms with Gasteiger partial charge in [0.1, 0.15) is 0 Å². The first-order chi connectivity index (χ1) is 10.1. The Hall–Kier alpha value is -2.42. The third-order valence-electron chi connectivity index (χ3n) is 3.91. The van der Waals surface area contributed by atoms with Crippen molar-refractivity contribution in [1.82, 2.24) is 4.90 Å². The van der Waals surface area contributed by atoms with Crippen LogP contribution in [0.4, 0.5) is 0 Å². The van der Waals surface area contributed by atoms with Crippen molar-refractivity contribution in [1.29, 1.82) is 0 Å². The number of carbonyl (C=O) groups excluding carboxylic acids is 2. The summed E-state index contributed by atoms with van der Waals surface area (Å²) in [5, 5.41) is 0. The molecule has 0 aromatic heterocycles. The summed E-state index contributed by atoms with van der Waals surface area (Å²) in [5.41, 5.74) is 4.50. The molecule has 0 saturated carbocycles. The normalized spacial score (nSPS) is 13.4. The van der Waals surface area contributed by atoms with Crippen LogP contribution in [0.25, 0.3) is 0 Å². The minimum atomic E-state index is -0.0521. The minimum Gasteiger partial charge on any atom is -0.327 e. The number of carbonyl (C=O) groups is 2. The van der Waals surface area contributed by atoms with Crippen molar-refractivity contribution >= 4 is 11.7 Å². The van der Waals surface area contributed by atoms with Crippen LogP contribution >= 0.6 is 0 Å². The second-order valence-electron chi connectivity index (χ2n) is 5.56. The topological polar surface area (TPSA) is 37.4 Å². The fraction of sp³-hybridized carbons (Fsp3) is 0.222. The van der Waals surface area contributed by atoms with Gasteiger partial charge in [0.25, 0.3) is 5.91 Å². The van der Waals surface area contributed by atoms with Gasteiger partial charge in [0.05, 0.1) is 6.54 Å². The van der Waals surface area contributed by atoms with Gasteiger partial charge in [-0.25, -0.2) is 0 Å². The zero-order valence-electron chi connectivity index (χ0n) is 12.2. The number of Topliss-reactive ketones (excluding diaryl/α,β-unsaturated/α-hetero) is 1. The number of hydrogen-bond acceptors (Lipinski definition) is 2. The molecule has 106 valence electrons. The van der Waals surface area contributed by atoms with Gasteiger partial charge in [-0.1, -0.05) is 42.0 Å². The number of ketones is 1. The van der Waals surface area contributed by atoms with Crippen LogP contribution < -0.4 is 0 Å². The Balaban J connectivity index is 1.79. The zero-order valence-corrected chi connectivity index (χ0v) is 12.2. The van der Waals surface area contributed by atoms with Gasteiger partial charge in [0.2, 0.25) is 0 Å². The van der Waals surface area contributed by atoms with E-state index in [4.69, 9.17) is 0 Å². The highest BCUT2D eigenvalue weighted by atomic mass is 16.2. The van der Waals surface area contributed by atoms with Gasteiger partial charge in [-0.15, -0.1) is 0 Å². The van der Waals surface area contributed by atoms with Crippen LogP contribution in [-0.2, 0) is 6.54 Å². The molecule has 21 heavy (non-hydrogen) atoms. The van der Waals surface area contributed by atoms with E-state index in [0.29, 0.717) is 17.7 Å². The predicted molar refractivity (Wildman–Crippen MR) is 81.4 cm³/mol. The molecule has 1 aliphatic rings. The fourth-order valence-corrected chi connectivity index (χ4v) is 2.83. The molecule has 2 aromatic rings. The van der Waals surface area contributed by atoms with Crippen molar-refractivity contribution in [3.8, 4) is 0 Å². The highest BCUT2D eigenvalue weighted by molar-refractivity contribution is 6.04. The molecule has 3 rings (SSSR count). The lowest BCUT2D eigenvalue weighted by Gasteiger charge is -2.15. The van der Waals surface area contributed by atoms with Crippen LogP contribution in [0.3, 0.4) is 0 Å². The lowest BCUT2D eigenvalue weighted by atomic mass is 10.0. The quantitative estimate of drug-likeness (QED) is 0.809. The number of amides is 1. The Morgan fingerprint density at radius 1 is 1.14 bits per heavy atom. The Kier molecular flexibility index (Phi) is 3.34. The molecule has 0 atom stereocenters. The first-order valence-electron chi connectivity index (χ1n) is 7.04. The molecule has 0 aliphatic carbocycles. The predicted octanol–water partition coefficient (Wildman–Crippen LogP) is 3.14. The minimum absolute atomic E-state index is 0.00587. The number of aryl methyl sites for hydroxylation is 2. The second-order valence-corrected chi connectivity index (χ2v) is 5.56. The molecule has 0 spiro atoms. The van der Waals surface area contributed by atoms with E-state index in [1.807, 2.05) is 56.3 Å². The summed E-state index contributed by atoms with van der Waals surface area (Å²) in [6.45, 7) is 4.59. The van der Waals surface area contributed by atoms with E-state index in [1.165, 1.54) is 0 Å². The van der Waals surface area contributed by atoms with Crippen LogP contribution in [0.2, 0.25) is 0 Å². The maximum absolute atomic E-state index is 12.4. The van der Waals surface area contributed by atoms with Crippen molar-refractivity contribution < 1.29 is 9.59 Å². The first-order valence-corrected chi connectivity index (χ1v) is 7.04. The molecule has 0 bridgehead atoms. The summed E-state index contributed by atoms with van der Waals surface area (Å²) in [6.07, 6.45) is 0. The molecule has 2 aromatic carbocycles. The number of nitrogens with zero attached hydrogens (tertiary/aromatic N) is 1. The molecule has 1 heterocycles. The molecular weight excluding hydrogens is 262 g/mol. The molecule has 3 heteroatoms. The van der Waals surface area contributed by atoms with Crippen molar-refractivity contribution in [3.63, 3.8) is 0 Å². The largest absolute Gasteiger partial charge is 0.327 e. The second kappa shape index (κ2) is 5.17. The van der Waals surface area contributed by atoms with Crippen LogP contribution in [0.1, 0.15) is 37.4 Å². The molecule has 0 N–H and O–H groups in total. The van der Waals surface area contributed by atoms with Crippen molar-refractivity contribution in [2.75, 3.05) is 6.54 Å². The van der Waals surface area contributed by atoms with Crippen LogP contribution in [0.15, 0.2) is 42.5 Å². The number of benzene rings is 2. The maximum Gasteiger partial charge on any atom is 0.254 e. The van der Waals surface area contributed by atoms with E-state index in [2.05, 4.69) is 0 Å². The van der Waals surface area contributed by atoms with Gasteiger partial charge >= 0.3 is 0 Å². The van der Waals surface area contributed by atoms with E-state index in [9.17, 15) is 9.59 Å². The third kappa shape index (κ3) is 2.47. The summed E-state index contributed by atoms with van der Waals surface area (Å²) in [7, 11) is 0. The lowest BCUT2D eigenvalue weighted by molar-refractivity contribution is 0.0728. The lowest BCUT2D eigenvalue weighted by Crippen LogP contribution is -2.30. The van der Waals surface area contributed by atoms with Crippen molar-refractivity contribution in [2.45, 2.75) is 20.4 Å². The van der Waals surface area contributed by atoms with Crippen LogP contribution in [0, 0.1) is 13.8 Å². The fourth-order valence-electron chi connectivity index (χ4n) is 2.83. The standard InChI is InChI=1S/C18H17NO2/c1-12-7-8-15(13(2)9-12)17(20)11-19-10-14-5-3-4-6-16(14)18(19)21/h3-9H,10-11H2,1-2H3.